The zero-order chi connectivity index (χ0) is 18.2. The highest BCUT2D eigenvalue weighted by Gasteiger charge is 2.15. The highest BCUT2D eigenvalue weighted by Crippen LogP contribution is 2.35. The zero-order valence-corrected chi connectivity index (χ0v) is 15.8. The molecule has 2 aromatic rings. The van der Waals surface area contributed by atoms with Crippen LogP contribution in [0, 0.1) is 0 Å². The normalized spacial score (nSPS) is 10.4. The fraction of sp³-hybridized carbons (Fsp3) is 0.316. The van der Waals surface area contributed by atoms with Gasteiger partial charge in [0.2, 0.25) is 0 Å². The van der Waals surface area contributed by atoms with Gasteiger partial charge in [0.25, 0.3) is 5.91 Å². The van der Waals surface area contributed by atoms with E-state index in [0.29, 0.717) is 46.0 Å². The van der Waals surface area contributed by atoms with Crippen LogP contribution in [-0.4, -0.2) is 19.1 Å². The Balaban J connectivity index is 2.17. The first-order chi connectivity index (χ1) is 12.1. The molecule has 0 unspecified atom stereocenters. The third kappa shape index (κ3) is 5.28. The Kier molecular flexibility index (Phi) is 7.41. The first kappa shape index (κ1) is 19.4. The van der Waals surface area contributed by atoms with E-state index in [-0.39, 0.29) is 5.91 Å². The monoisotopic (exact) mass is 381 g/mol. The Bertz CT molecular complexity index is 711. The van der Waals surface area contributed by atoms with Crippen molar-refractivity contribution in [1.82, 2.24) is 0 Å². The van der Waals surface area contributed by atoms with Crippen molar-refractivity contribution < 1.29 is 14.3 Å². The largest absolute Gasteiger partial charge is 0.492 e. The number of anilines is 1. The molecule has 134 valence electrons. The second-order valence-corrected chi connectivity index (χ2v) is 6.17. The van der Waals surface area contributed by atoms with Gasteiger partial charge in [0.15, 0.2) is 5.75 Å². The molecule has 0 atom stereocenters. The Labute approximate surface area is 158 Å². The van der Waals surface area contributed by atoms with Crippen LogP contribution in [0.5, 0.6) is 11.5 Å². The fourth-order valence-corrected chi connectivity index (χ4v) is 2.79. The SMILES string of the molecule is CCCCOc1c(Cl)cc(C(=O)Nc2ccccc2OCC)cc1Cl. The number of hydrogen-bond acceptors (Lipinski definition) is 3. The standard InChI is InChI=1S/C19H21Cl2NO3/c1-3-5-10-25-18-14(20)11-13(12-15(18)21)19(23)22-16-8-6-7-9-17(16)24-4-2/h6-9,11-12H,3-5,10H2,1-2H3,(H,22,23). The molecule has 25 heavy (non-hydrogen) atoms. The summed E-state index contributed by atoms with van der Waals surface area (Å²) in [4.78, 5) is 12.5. The van der Waals surface area contributed by atoms with Crippen LogP contribution in [0.2, 0.25) is 10.0 Å². The van der Waals surface area contributed by atoms with Gasteiger partial charge in [-0.25, -0.2) is 0 Å². The number of hydrogen-bond donors (Lipinski definition) is 1. The van der Waals surface area contributed by atoms with Crippen LogP contribution in [0.15, 0.2) is 36.4 Å². The summed E-state index contributed by atoms with van der Waals surface area (Å²) in [6.45, 7) is 4.99. The third-order valence-electron chi connectivity index (χ3n) is 3.44. The minimum atomic E-state index is -0.323. The van der Waals surface area contributed by atoms with Gasteiger partial charge in [0, 0.05) is 5.56 Å². The number of ether oxygens (including phenoxy) is 2. The smallest absolute Gasteiger partial charge is 0.255 e. The van der Waals surface area contributed by atoms with Gasteiger partial charge >= 0.3 is 0 Å². The molecule has 0 bridgehead atoms. The Morgan fingerprint density at radius 1 is 1.08 bits per heavy atom. The maximum absolute atomic E-state index is 12.5. The number of unbranched alkanes of at least 4 members (excludes halogenated alkanes) is 1. The zero-order valence-electron chi connectivity index (χ0n) is 14.3. The maximum atomic E-state index is 12.5. The highest BCUT2D eigenvalue weighted by atomic mass is 35.5. The number of para-hydroxylation sites is 2. The van der Waals surface area contributed by atoms with Crippen molar-refractivity contribution in [1.29, 1.82) is 0 Å². The molecule has 0 aliphatic rings. The molecule has 2 aromatic carbocycles. The summed E-state index contributed by atoms with van der Waals surface area (Å²) in [6.07, 6.45) is 1.91. The second kappa shape index (κ2) is 9.54. The first-order valence-corrected chi connectivity index (χ1v) is 8.97. The van der Waals surface area contributed by atoms with Crippen LogP contribution >= 0.6 is 23.2 Å². The van der Waals surface area contributed by atoms with E-state index >= 15 is 0 Å². The molecule has 2 rings (SSSR count). The topological polar surface area (TPSA) is 47.6 Å². The average Bonchev–Trinajstić information content (AvgIpc) is 2.59. The summed E-state index contributed by atoms with van der Waals surface area (Å²) in [6, 6.07) is 10.3. The molecule has 4 nitrogen and oxygen atoms in total. The molecule has 0 saturated heterocycles. The molecule has 0 aromatic heterocycles. The molecule has 0 saturated carbocycles. The molecule has 0 radical (unpaired) electrons. The summed E-state index contributed by atoms with van der Waals surface area (Å²) < 4.78 is 11.1. The summed E-state index contributed by atoms with van der Waals surface area (Å²) >= 11 is 12.5. The number of halogens is 2. The van der Waals surface area contributed by atoms with Gasteiger partial charge in [0.1, 0.15) is 5.75 Å². The van der Waals surface area contributed by atoms with E-state index in [1.165, 1.54) is 0 Å². The summed E-state index contributed by atoms with van der Waals surface area (Å²) in [5.41, 5.74) is 0.939. The maximum Gasteiger partial charge on any atom is 0.255 e. The lowest BCUT2D eigenvalue weighted by molar-refractivity contribution is 0.102. The van der Waals surface area contributed by atoms with Crippen molar-refractivity contribution in [2.45, 2.75) is 26.7 Å². The summed E-state index contributed by atoms with van der Waals surface area (Å²) in [7, 11) is 0. The van der Waals surface area contributed by atoms with E-state index in [1.807, 2.05) is 19.1 Å². The van der Waals surface area contributed by atoms with Crippen LogP contribution in [-0.2, 0) is 0 Å². The van der Waals surface area contributed by atoms with Gasteiger partial charge in [-0.05, 0) is 37.6 Å². The number of amides is 1. The van der Waals surface area contributed by atoms with Crippen molar-refractivity contribution in [3.8, 4) is 11.5 Å². The van der Waals surface area contributed by atoms with Gasteiger partial charge in [-0.2, -0.15) is 0 Å². The highest BCUT2D eigenvalue weighted by molar-refractivity contribution is 6.37. The fourth-order valence-electron chi connectivity index (χ4n) is 2.19. The molecule has 0 spiro atoms. The predicted molar refractivity (Wildman–Crippen MR) is 102 cm³/mol. The van der Waals surface area contributed by atoms with Crippen molar-refractivity contribution in [2.75, 3.05) is 18.5 Å². The van der Waals surface area contributed by atoms with E-state index < -0.39 is 0 Å². The Morgan fingerprint density at radius 3 is 2.40 bits per heavy atom. The average molecular weight is 382 g/mol. The Hall–Kier alpha value is -1.91. The van der Waals surface area contributed by atoms with Crippen LogP contribution < -0.4 is 14.8 Å². The molecular weight excluding hydrogens is 361 g/mol. The second-order valence-electron chi connectivity index (χ2n) is 5.35. The lowest BCUT2D eigenvalue weighted by Crippen LogP contribution is -2.13. The lowest BCUT2D eigenvalue weighted by atomic mass is 10.2. The number of nitrogens with one attached hydrogen (secondary N) is 1. The van der Waals surface area contributed by atoms with Crippen molar-refractivity contribution in [3.05, 3.63) is 52.0 Å². The van der Waals surface area contributed by atoms with Crippen LogP contribution in [0.3, 0.4) is 0 Å². The number of benzene rings is 2. The molecule has 0 aliphatic carbocycles. The molecule has 0 heterocycles. The first-order valence-electron chi connectivity index (χ1n) is 8.21. The van der Waals surface area contributed by atoms with Gasteiger partial charge in [-0.3, -0.25) is 4.79 Å². The van der Waals surface area contributed by atoms with Crippen molar-refractivity contribution >= 4 is 34.8 Å². The molecule has 1 amide bonds. The molecule has 0 fully saturated rings. The minimum Gasteiger partial charge on any atom is -0.492 e. The molecular formula is C19H21Cl2NO3. The van der Waals surface area contributed by atoms with Gasteiger partial charge in [-0.1, -0.05) is 48.7 Å². The van der Waals surface area contributed by atoms with E-state index in [9.17, 15) is 4.79 Å². The van der Waals surface area contributed by atoms with Gasteiger partial charge < -0.3 is 14.8 Å². The molecule has 1 N–H and O–H groups in total. The number of rotatable bonds is 8. The van der Waals surface area contributed by atoms with E-state index in [4.69, 9.17) is 32.7 Å². The summed E-state index contributed by atoms with van der Waals surface area (Å²) in [5, 5.41) is 3.44. The van der Waals surface area contributed by atoms with E-state index in [2.05, 4.69) is 12.2 Å². The summed E-state index contributed by atoms with van der Waals surface area (Å²) in [5.74, 6) is 0.689. The predicted octanol–water partition coefficient (Wildman–Crippen LogP) is 5.82. The number of carbonyl (C=O) groups is 1. The van der Waals surface area contributed by atoms with E-state index in [1.54, 1.807) is 24.3 Å². The van der Waals surface area contributed by atoms with E-state index in [0.717, 1.165) is 12.8 Å². The minimum absolute atomic E-state index is 0.312. The van der Waals surface area contributed by atoms with Gasteiger partial charge in [-0.15, -0.1) is 0 Å². The molecule has 6 heteroatoms. The molecule has 0 aliphatic heterocycles. The quantitative estimate of drug-likeness (QED) is 0.585. The van der Waals surface area contributed by atoms with Crippen LogP contribution in [0.4, 0.5) is 5.69 Å². The van der Waals surface area contributed by atoms with Crippen LogP contribution in [0.25, 0.3) is 0 Å². The number of carbonyl (C=O) groups excluding carboxylic acids is 1. The van der Waals surface area contributed by atoms with Crippen LogP contribution in [0.1, 0.15) is 37.0 Å². The lowest BCUT2D eigenvalue weighted by Gasteiger charge is -2.13. The van der Waals surface area contributed by atoms with Gasteiger partial charge in [0.05, 0.1) is 28.9 Å². The van der Waals surface area contributed by atoms with Crippen molar-refractivity contribution in [2.24, 2.45) is 0 Å². The third-order valence-corrected chi connectivity index (χ3v) is 4.00. The Morgan fingerprint density at radius 2 is 1.76 bits per heavy atom. The van der Waals surface area contributed by atoms with Crippen molar-refractivity contribution in [3.63, 3.8) is 0 Å².